The van der Waals surface area contributed by atoms with Gasteiger partial charge in [0.2, 0.25) is 0 Å². The van der Waals surface area contributed by atoms with Gasteiger partial charge in [-0.25, -0.2) is 0 Å². The third-order valence-corrected chi connectivity index (χ3v) is 4.19. The van der Waals surface area contributed by atoms with Crippen molar-refractivity contribution in [3.05, 3.63) is 0 Å². The highest BCUT2D eigenvalue weighted by atomic mass is 16.3. The molecule has 0 spiro atoms. The van der Waals surface area contributed by atoms with E-state index in [1.165, 1.54) is 19.3 Å². The average Bonchev–Trinajstić information content (AvgIpc) is 2.16. The molecular formula is C12H23NO. The van der Waals surface area contributed by atoms with Gasteiger partial charge in [-0.1, -0.05) is 12.8 Å². The number of likely N-dealkylation sites (tertiary alicyclic amines) is 1. The van der Waals surface area contributed by atoms with Gasteiger partial charge in [-0.15, -0.1) is 0 Å². The van der Waals surface area contributed by atoms with E-state index < -0.39 is 0 Å². The van der Waals surface area contributed by atoms with Crippen LogP contribution in [0.25, 0.3) is 0 Å². The molecule has 0 amide bonds. The molecule has 2 rings (SSSR count). The SMILES string of the molecule is CC(C)N1CC[C@@]2(O)CCCC[C@@H]2C1. The van der Waals surface area contributed by atoms with Crippen molar-refractivity contribution >= 4 is 0 Å². The van der Waals surface area contributed by atoms with Crippen LogP contribution in [-0.2, 0) is 0 Å². The molecule has 2 atom stereocenters. The highest BCUT2D eigenvalue weighted by Gasteiger charge is 2.42. The summed E-state index contributed by atoms with van der Waals surface area (Å²) < 4.78 is 0. The van der Waals surface area contributed by atoms with E-state index >= 15 is 0 Å². The van der Waals surface area contributed by atoms with Crippen molar-refractivity contribution in [1.82, 2.24) is 4.90 Å². The molecule has 0 radical (unpaired) electrons. The van der Waals surface area contributed by atoms with Crippen molar-refractivity contribution in [2.24, 2.45) is 5.92 Å². The third kappa shape index (κ3) is 1.82. The van der Waals surface area contributed by atoms with Crippen molar-refractivity contribution < 1.29 is 5.11 Å². The molecule has 1 aliphatic carbocycles. The fourth-order valence-corrected chi connectivity index (χ4v) is 3.07. The van der Waals surface area contributed by atoms with Crippen molar-refractivity contribution in [3.63, 3.8) is 0 Å². The maximum atomic E-state index is 10.5. The van der Waals surface area contributed by atoms with Crippen molar-refractivity contribution in [3.8, 4) is 0 Å². The van der Waals surface area contributed by atoms with E-state index in [2.05, 4.69) is 18.7 Å². The molecule has 1 aliphatic heterocycles. The molecule has 2 aliphatic rings. The molecule has 0 aromatic carbocycles. The average molecular weight is 197 g/mol. The van der Waals surface area contributed by atoms with Gasteiger partial charge >= 0.3 is 0 Å². The minimum absolute atomic E-state index is 0.302. The lowest BCUT2D eigenvalue weighted by molar-refractivity contribution is -0.100. The van der Waals surface area contributed by atoms with Crippen LogP contribution in [-0.4, -0.2) is 34.7 Å². The van der Waals surface area contributed by atoms with Gasteiger partial charge in [-0.2, -0.15) is 0 Å². The number of hydrogen-bond donors (Lipinski definition) is 1. The molecule has 2 heteroatoms. The summed E-state index contributed by atoms with van der Waals surface area (Å²) in [7, 11) is 0. The summed E-state index contributed by atoms with van der Waals surface area (Å²) in [6.45, 7) is 6.72. The standard InChI is InChI=1S/C12H23NO/c1-10(2)13-8-7-12(14)6-4-3-5-11(12)9-13/h10-11,14H,3-9H2,1-2H3/t11-,12+/m1/s1. The quantitative estimate of drug-likeness (QED) is 0.695. The number of piperidine rings is 1. The van der Waals surface area contributed by atoms with Gasteiger partial charge in [-0.3, -0.25) is 0 Å². The molecule has 1 saturated carbocycles. The number of rotatable bonds is 1. The Morgan fingerprint density at radius 3 is 2.79 bits per heavy atom. The summed E-state index contributed by atoms with van der Waals surface area (Å²) in [6.07, 6.45) is 5.83. The lowest BCUT2D eigenvalue weighted by Crippen LogP contribution is -2.54. The van der Waals surface area contributed by atoms with Gasteiger partial charge in [0, 0.05) is 25.0 Å². The molecule has 2 fully saturated rings. The number of aliphatic hydroxyl groups is 1. The first-order chi connectivity index (χ1) is 6.62. The Hall–Kier alpha value is -0.0800. The summed E-state index contributed by atoms with van der Waals surface area (Å²) >= 11 is 0. The minimum Gasteiger partial charge on any atom is -0.390 e. The Kier molecular flexibility index (Phi) is 2.85. The number of hydrogen-bond acceptors (Lipinski definition) is 2. The van der Waals surface area contributed by atoms with Gasteiger partial charge in [0.15, 0.2) is 0 Å². The summed E-state index contributed by atoms with van der Waals surface area (Å²) in [5.41, 5.74) is -0.302. The fraction of sp³-hybridized carbons (Fsp3) is 1.00. The zero-order chi connectivity index (χ0) is 10.2. The first-order valence-corrected chi connectivity index (χ1v) is 6.08. The summed E-state index contributed by atoms with van der Waals surface area (Å²) in [4.78, 5) is 2.52. The Bertz CT molecular complexity index is 204. The predicted octanol–water partition coefficient (Wildman–Crippen LogP) is 2.02. The first kappa shape index (κ1) is 10.4. The highest BCUT2D eigenvalue weighted by Crippen LogP contribution is 2.40. The monoisotopic (exact) mass is 197 g/mol. The summed E-state index contributed by atoms with van der Waals surface area (Å²) in [5.74, 6) is 0.549. The summed E-state index contributed by atoms with van der Waals surface area (Å²) in [5, 5.41) is 10.5. The Balaban J connectivity index is 2.02. The van der Waals surface area contributed by atoms with E-state index in [0.29, 0.717) is 12.0 Å². The lowest BCUT2D eigenvalue weighted by Gasteiger charge is -2.48. The second-order valence-electron chi connectivity index (χ2n) is 5.38. The molecule has 1 heterocycles. The molecule has 1 N–H and O–H groups in total. The Labute approximate surface area is 87.3 Å². The van der Waals surface area contributed by atoms with Crippen LogP contribution in [0.3, 0.4) is 0 Å². The summed E-state index contributed by atoms with van der Waals surface area (Å²) in [6, 6.07) is 0.640. The molecular weight excluding hydrogens is 174 g/mol. The van der Waals surface area contributed by atoms with Crippen LogP contribution in [0.4, 0.5) is 0 Å². The van der Waals surface area contributed by atoms with Crippen LogP contribution >= 0.6 is 0 Å². The predicted molar refractivity (Wildman–Crippen MR) is 58.2 cm³/mol. The number of nitrogens with zero attached hydrogens (tertiary/aromatic N) is 1. The molecule has 0 aromatic rings. The molecule has 0 bridgehead atoms. The Morgan fingerprint density at radius 2 is 2.07 bits per heavy atom. The smallest absolute Gasteiger partial charge is 0.0700 e. The normalized spacial score (nSPS) is 39.9. The maximum Gasteiger partial charge on any atom is 0.0700 e. The molecule has 82 valence electrons. The highest BCUT2D eigenvalue weighted by molar-refractivity contribution is 4.96. The molecule has 2 nitrogen and oxygen atoms in total. The molecule has 14 heavy (non-hydrogen) atoms. The van der Waals surface area contributed by atoms with E-state index in [4.69, 9.17) is 0 Å². The van der Waals surface area contributed by atoms with Crippen molar-refractivity contribution in [2.45, 2.75) is 57.6 Å². The third-order valence-electron chi connectivity index (χ3n) is 4.19. The zero-order valence-electron chi connectivity index (χ0n) is 9.50. The van der Waals surface area contributed by atoms with Crippen LogP contribution in [0.15, 0.2) is 0 Å². The zero-order valence-corrected chi connectivity index (χ0v) is 9.50. The maximum absolute atomic E-state index is 10.5. The second-order valence-corrected chi connectivity index (χ2v) is 5.38. The Morgan fingerprint density at radius 1 is 1.29 bits per heavy atom. The van der Waals surface area contributed by atoms with Crippen LogP contribution in [0.2, 0.25) is 0 Å². The van der Waals surface area contributed by atoms with E-state index in [1.54, 1.807) is 0 Å². The van der Waals surface area contributed by atoms with Gasteiger partial charge in [-0.05, 0) is 33.1 Å². The second kappa shape index (κ2) is 3.82. The topological polar surface area (TPSA) is 23.5 Å². The van der Waals surface area contributed by atoms with Gasteiger partial charge < -0.3 is 10.0 Å². The van der Waals surface area contributed by atoms with Crippen molar-refractivity contribution in [2.75, 3.05) is 13.1 Å². The van der Waals surface area contributed by atoms with E-state index in [1.807, 2.05) is 0 Å². The van der Waals surface area contributed by atoms with E-state index in [0.717, 1.165) is 25.9 Å². The van der Waals surface area contributed by atoms with Gasteiger partial charge in [0.1, 0.15) is 0 Å². The largest absolute Gasteiger partial charge is 0.390 e. The van der Waals surface area contributed by atoms with Crippen LogP contribution in [0.5, 0.6) is 0 Å². The molecule has 0 unspecified atom stereocenters. The number of fused-ring (bicyclic) bond motifs is 1. The van der Waals surface area contributed by atoms with E-state index in [9.17, 15) is 5.11 Å². The lowest BCUT2D eigenvalue weighted by atomic mass is 9.71. The fourth-order valence-electron chi connectivity index (χ4n) is 3.07. The van der Waals surface area contributed by atoms with Crippen molar-refractivity contribution in [1.29, 1.82) is 0 Å². The van der Waals surface area contributed by atoms with Crippen LogP contribution in [0, 0.1) is 5.92 Å². The molecule has 0 aromatic heterocycles. The van der Waals surface area contributed by atoms with Gasteiger partial charge in [0.25, 0.3) is 0 Å². The minimum atomic E-state index is -0.302. The van der Waals surface area contributed by atoms with E-state index in [-0.39, 0.29) is 5.60 Å². The first-order valence-electron chi connectivity index (χ1n) is 6.08. The van der Waals surface area contributed by atoms with Crippen LogP contribution < -0.4 is 0 Å². The van der Waals surface area contributed by atoms with Gasteiger partial charge in [0.05, 0.1) is 5.60 Å². The molecule has 1 saturated heterocycles. The van der Waals surface area contributed by atoms with Crippen LogP contribution in [0.1, 0.15) is 46.0 Å².